The topological polar surface area (TPSA) is 12.0 Å². The first kappa shape index (κ1) is 10.9. The average molecular weight is 272 g/mol. The molecule has 1 aliphatic carbocycles. The third-order valence-electron chi connectivity index (χ3n) is 2.72. The Bertz CT molecular complexity index is 349. The van der Waals surface area contributed by atoms with Gasteiger partial charge in [-0.2, -0.15) is 0 Å². The molecule has 0 aromatic heterocycles. The van der Waals surface area contributed by atoms with E-state index in [1.54, 1.807) is 12.1 Å². The summed E-state index contributed by atoms with van der Waals surface area (Å²) in [5, 5.41) is 3.38. The molecule has 2 rings (SSSR count). The van der Waals surface area contributed by atoms with Gasteiger partial charge in [0.05, 0.1) is 4.47 Å². The first-order valence-electron chi connectivity index (χ1n) is 5.37. The van der Waals surface area contributed by atoms with E-state index in [1.807, 2.05) is 0 Å². The van der Waals surface area contributed by atoms with Crippen LogP contribution in [0.15, 0.2) is 22.7 Å². The van der Waals surface area contributed by atoms with Crippen LogP contribution in [-0.4, -0.2) is 6.04 Å². The summed E-state index contributed by atoms with van der Waals surface area (Å²) in [6.07, 6.45) is 3.97. The van der Waals surface area contributed by atoms with Gasteiger partial charge < -0.3 is 5.32 Å². The van der Waals surface area contributed by atoms with E-state index in [0.717, 1.165) is 11.6 Å². The zero-order valence-electron chi connectivity index (χ0n) is 8.76. The fourth-order valence-electron chi connectivity index (χ4n) is 1.78. The van der Waals surface area contributed by atoms with E-state index in [0.29, 0.717) is 10.5 Å². The number of halogens is 2. The number of hydrogen-bond acceptors (Lipinski definition) is 1. The second kappa shape index (κ2) is 4.52. The molecule has 1 nitrogen and oxygen atoms in total. The van der Waals surface area contributed by atoms with Crippen LogP contribution in [0.25, 0.3) is 0 Å². The summed E-state index contributed by atoms with van der Waals surface area (Å²) in [5.74, 6) is 0.701. The fourth-order valence-corrected chi connectivity index (χ4v) is 2.16. The minimum Gasteiger partial charge on any atom is -0.383 e. The molecule has 1 aromatic carbocycles. The van der Waals surface area contributed by atoms with Crippen molar-refractivity contribution in [3.05, 3.63) is 28.5 Å². The molecule has 15 heavy (non-hydrogen) atoms. The van der Waals surface area contributed by atoms with Crippen LogP contribution in [0.5, 0.6) is 0 Å². The van der Waals surface area contributed by atoms with Crippen molar-refractivity contribution >= 4 is 21.6 Å². The second-order valence-corrected chi connectivity index (χ2v) is 5.21. The highest BCUT2D eigenvalue weighted by atomic mass is 79.9. The zero-order valence-corrected chi connectivity index (χ0v) is 10.3. The van der Waals surface area contributed by atoms with Gasteiger partial charge in [-0.1, -0.05) is 12.8 Å². The average Bonchev–Trinajstić information content (AvgIpc) is 2.95. The highest BCUT2D eigenvalue weighted by Gasteiger charge is 2.23. The molecule has 0 saturated heterocycles. The van der Waals surface area contributed by atoms with Crippen molar-refractivity contribution in [1.29, 1.82) is 0 Å². The maximum absolute atomic E-state index is 13.0. The lowest BCUT2D eigenvalue weighted by atomic mass is 10.1. The Balaban J connectivity index is 1.93. The Morgan fingerprint density at radius 2 is 2.27 bits per heavy atom. The molecule has 1 saturated carbocycles. The number of nitrogens with one attached hydrogen (secondary N) is 1. The first-order valence-corrected chi connectivity index (χ1v) is 6.16. The molecule has 82 valence electrons. The lowest BCUT2D eigenvalue weighted by molar-refractivity contribution is 0.619. The molecule has 0 spiro atoms. The van der Waals surface area contributed by atoms with Crippen molar-refractivity contribution in [1.82, 2.24) is 0 Å². The summed E-state index contributed by atoms with van der Waals surface area (Å²) >= 11 is 3.18. The van der Waals surface area contributed by atoms with Gasteiger partial charge in [0.25, 0.3) is 0 Å². The Labute approximate surface area is 98.2 Å². The molecule has 1 atom stereocenters. The number of anilines is 1. The van der Waals surface area contributed by atoms with Crippen LogP contribution in [0.2, 0.25) is 0 Å². The smallest absolute Gasteiger partial charge is 0.137 e. The van der Waals surface area contributed by atoms with E-state index in [2.05, 4.69) is 28.2 Å². The van der Waals surface area contributed by atoms with Crippen LogP contribution in [0.1, 0.15) is 26.2 Å². The van der Waals surface area contributed by atoms with Crippen molar-refractivity contribution in [2.45, 2.75) is 32.2 Å². The van der Waals surface area contributed by atoms with E-state index >= 15 is 0 Å². The van der Waals surface area contributed by atoms with E-state index in [4.69, 9.17) is 0 Å². The van der Waals surface area contributed by atoms with Crippen molar-refractivity contribution in [2.24, 2.45) is 5.92 Å². The molecule has 0 aliphatic heterocycles. The van der Waals surface area contributed by atoms with Crippen LogP contribution in [0, 0.1) is 11.7 Å². The van der Waals surface area contributed by atoms with Gasteiger partial charge in [0, 0.05) is 11.7 Å². The number of hydrogen-bond donors (Lipinski definition) is 1. The molecule has 0 heterocycles. The second-order valence-electron chi connectivity index (χ2n) is 4.35. The first-order chi connectivity index (χ1) is 7.15. The van der Waals surface area contributed by atoms with Crippen LogP contribution >= 0.6 is 15.9 Å². The molecule has 0 bridgehead atoms. The standard InChI is InChI=1S/C12H15BrFN/c1-8(6-9-2-3-9)15-10-4-5-12(14)11(13)7-10/h4-5,7-9,15H,2-3,6H2,1H3. The molecule has 1 aliphatic rings. The van der Waals surface area contributed by atoms with Gasteiger partial charge in [-0.25, -0.2) is 4.39 Å². The summed E-state index contributed by atoms with van der Waals surface area (Å²) in [6, 6.07) is 5.52. The molecule has 1 aromatic rings. The lowest BCUT2D eigenvalue weighted by Crippen LogP contribution is -2.15. The van der Waals surface area contributed by atoms with Gasteiger partial charge in [-0.15, -0.1) is 0 Å². The Morgan fingerprint density at radius 1 is 1.53 bits per heavy atom. The maximum atomic E-state index is 13.0. The molecule has 1 unspecified atom stereocenters. The number of benzene rings is 1. The summed E-state index contributed by atoms with van der Waals surface area (Å²) in [4.78, 5) is 0. The molecular formula is C12H15BrFN. The van der Waals surface area contributed by atoms with E-state index in [9.17, 15) is 4.39 Å². The van der Waals surface area contributed by atoms with Gasteiger partial charge >= 0.3 is 0 Å². The van der Waals surface area contributed by atoms with Crippen LogP contribution in [0.4, 0.5) is 10.1 Å². The van der Waals surface area contributed by atoms with Gasteiger partial charge in [0.1, 0.15) is 5.82 Å². The SMILES string of the molecule is CC(CC1CC1)Nc1ccc(F)c(Br)c1. The van der Waals surface area contributed by atoms with Crippen molar-refractivity contribution in [3.63, 3.8) is 0 Å². The minimum atomic E-state index is -0.213. The van der Waals surface area contributed by atoms with Gasteiger partial charge in [0.2, 0.25) is 0 Å². The normalized spacial score (nSPS) is 17.5. The Morgan fingerprint density at radius 3 is 2.87 bits per heavy atom. The van der Waals surface area contributed by atoms with E-state index < -0.39 is 0 Å². The maximum Gasteiger partial charge on any atom is 0.137 e. The summed E-state index contributed by atoms with van der Waals surface area (Å²) in [6.45, 7) is 2.18. The third kappa shape index (κ3) is 3.20. The molecule has 1 N–H and O–H groups in total. The molecule has 1 fully saturated rings. The molecule has 0 radical (unpaired) electrons. The van der Waals surface area contributed by atoms with Crippen molar-refractivity contribution < 1.29 is 4.39 Å². The monoisotopic (exact) mass is 271 g/mol. The van der Waals surface area contributed by atoms with Crippen LogP contribution in [-0.2, 0) is 0 Å². The Kier molecular flexibility index (Phi) is 3.29. The summed E-state index contributed by atoms with van der Waals surface area (Å²) < 4.78 is 13.5. The summed E-state index contributed by atoms with van der Waals surface area (Å²) in [5.41, 5.74) is 0.983. The predicted molar refractivity (Wildman–Crippen MR) is 64.5 cm³/mol. The number of rotatable bonds is 4. The van der Waals surface area contributed by atoms with Gasteiger partial charge in [-0.05, 0) is 53.4 Å². The van der Waals surface area contributed by atoms with Crippen molar-refractivity contribution in [3.8, 4) is 0 Å². The summed E-state index contributed by atoms with van der Waals surface area (Å²) in [7, 11) is 0. The van der Waals surface area contributed by atoms with Crippen molar-refractivity contribution in [2.75, 3.05) is 5.32 Å². The van der Waals surface area contributed by atoms with Crippen LogP contribution < -0.4 is 5.32 Å². The molecule has 3 heteroatoms. The highest BCUT2D eigenvalue weighted by molar-refractivity contribution is 9.10. The van der Waals surface area contributed by atoms with E-state index in [-0.39, 0.29) is 5.82 Å². The third-order valence-corrected chi connectivity index (χ3v) is 3.32. The quantitative estimate of drug-likeness (QED) is 0.866. The predicted octanol–water partition coefficient (Wildman–Crippen LogP) is 4.19. The minimum absolute atomic E-state index is 0.213. The Hall–Kier alpha value is -0.570. The molecule has 0 amide bonds. The lowest BCUT2D eigenvalue weighted by Gasteiger charge is -2.15. The van der Waals surface area contributed by atoms with Gasteiger partial charge in [0.15, 0.2) is 0 Å². The van der Waals surface area contributed by atoms with Gasteiger partial charge in [-0.3, -0.25) is 0 Å². The molecular weight excluding hydrogens is 257 g/mol. The highest BCUT2D eigenvalue weighted by Crippen LogP contribution is 2.34. The zero-order chi connectivity index (χ0) is 10.8. The largest absolute Gasteiger partial charge is 0.383 e. The fraction of sp³-hybridized carbons (Fsp3) is 0.500. The van der Waals surface area contributed by atoms with Crippen LogP contribution in [0.3, 0.4) is 0 Å². The van der Waals surface area contributed by atoms with E-state index in [1.165, 1.54) is 25.3 Å².